The SMILES string of the molecule is Cc1nc2c(c(=O)n1C(c1ccccc1)c1ccccc1)CN(Cc1ccc(C(F)(F)F)cc1)CC2(C)C. The van der Waals surface area contributed by atoms with Crippen LogP contribution in [0.1, 0.15) is 59.2 Å². The van der Waals surface area contributed by atoms with E-state index in [4.69, 9.17) is 4.98 Å². The van der Waals surface area contributed by atoms with E-state index in [1.165, 1.54) is 12.1 Å². The molecular weight excluding hydrogens is 487 g/mol. The van der Waals surface area contributed by atoms with Crippen molar-refractivity contribution < 1.29 is 13.2 Å². The first kappa shape index (κ1) is 25.9. The highest BCUT2D eigenvalue weighted by molar-refractivity contribution is 5.36. The van der Waals surface area contributed by atoms with Crippen LogP contribution in [0.15, 0.2) is 89.7 Å². The monoisotopic (exact) mass is 517 g/mol. The molecule has 0 spiro atoms. The molecule has 1 aliphatic rings. The molecule has 7 heteroatoms. The molecule has 0 aliphatic carbocycles. The number of halogens is 3. The summed E-state index contributed by atoms with van der Waals surface area (Å²) < 4.78 is 40.8. The van der Waals surface area contributed by atoms with Crippen LogP contribution >= 0.6 is 0 Å². The molecule has 0 bridgehead atoms. The molecule has 3 aromatic carbocycles. The maximum absolute atomic E-state index is 14.2. The molecule has 0 atom stereocenters. The van der Waals surface area contributed by atoms with Crippen molar-refractivity contribution in [2.75, 3.05) is 6.54 Å². The molecule has 0 N–H and O–H groups in total. The molecular formula is C31H30F3N3O. The number of rotatable bonds is 5. The van der Waals surface area contributed by atoms with Gasteiger partial charge < -0.3 is 0 Å². The zero-order chi connectivity index (χ0) is 27.1. The third kappa shape index (κ3) is 5.03. The average Bonchev–Trinajstić information content (AvgIpc) is 2.88. The highest BCUT2D eigenvalue weighted by atomic mass is 19.4. The van der Waals surface area contributed by atoms with E-state index in [1.54, 1.807) is 4.57 Å². The second-order valence-corrected chi connectivity index (χ2v) is 10.6. The molecule has 0 radical (unpaired) electrons. The molecule has 4 nitrogen and oxygen atoms in total. The lowest BCUT2D eigenvalue weighted by atomic mass is 9.82. The second-order valence-electron chi connectivity index (χ2n) is 10.6. The fourth-order valence-electron chi connectivity index (χ4n) is 5.53. The molecule has 1 aliphatic heterocycles. The summed E-state index contributed by atoms with van der Waals surface area (Å²) in [5, 5.41) is 0. The van der Waals surface area contributed by atoms with Crippen molar-refractivity contribution >= 4 is 0 Å². The van der Waals surface area contributed by atoms with Gasteiger partial charge >= 0.3 is 6.18 Å². The predicted octanol–water partition coefficient (Wildman–Crippen LogP) is 6.50. The molecule has 0 unspecified atom stereocenters. The van der Waals surface area contributed by atoms with Crippen molar-refractivity contribution in [3.63, 3.8) is 0 Å². The van der Waals surface area contributed by atoms with Crippen LogP contribution in [0.5, 0.6) is 0 Å². The Morgan fingerprint density at radius 1 is 0.895 bits per heavy atom. The maximum Gasteiger partial charge on any atom is 0.416 e. The van der Waals surface area contributed by atoms with Crippen molar-refractivity contribution in [1.29, 1.82) is 0 Å². The van der Waals surface area contributed by atoms with Gasteiger partial charge in [0.25, 0.3) is 5.56 Å². The van der Waals surface area contributed by atoms with Gasteiger partial charge in [0.05, 0.1) is 22.9 Å². The average molecular weight is 518 g/mol. The van der Waals surface area contributed by atoms with Crippen molar-refractivity contribution in [2.24, 2.45) is 0 Å². The van der Waals surface area contributed by atoms with Gasteiger partial charge in [0.1, 0.15) is 5.82 Å². The lowest BCUT2D eigenvalue weighted by Gasteiger charge is -2.39. The number of alkyl halides is 3. The van der Waals surface area contributed by atoms with E-state index >= 15 is 0 Å². The number of benzene rings is 3. The van der Waals surface area contributed by atoms with E-state index in [9.17, 15) is 18.0 Å². The van der Waals surface area contributed by atoms with Gasteiger partial charge in [0.2, 0.25) is 0 Å². The zero-order valence-electron chi connectivity index (χ0n) is 21.7. The fraction of sp³-hybridized carbons (Fsp3) is 0.290. The van der Waals surface area contributed by atoms with Crippen LogP contribution in [0.4, 0.5) is 13.2 Å². The van der Waals surface area contributed by atoms with Gasteiger partial charge in [-0.1, -0.05) is 86.6 Å². The quantitative estimate of drug-likeness (QED) is 0.303. The summed E-state index contributed by atoms with van der Waals surface area (Å²) in [6.07, 6.45) is -4.37. The Bertz CT molecular complexity index is 1440. The first-order chi connectivity index (χ1) is 18.0. The van der Waals surface area contributed by atoms with Crippen molar-refractivity contribution in [3.05, 3.63) is 135 Å². The minimum Gasteiger partial charge on any atom is -0.294 e. The largest absolute Gasteiger partial charge is 0.416 e. The minimum absolute atomic E-state index is 0.0876. The van der Waals surface area contributed by atoms with Gasteiger partial charge in [-0.15, -0.1) is 0 Å². The Hall–Kier alpha value is -3.71. The number of fused-ring (bicyclic) bond motifs is 1. The molecule has 0 saturated heterocycles. The van der Waals surface area contributed by atoms with Gasteiger partial charge in [0.15, 0.2) is 0 Å². The smallest absolute Gasteiger partial charge is 0.294 e. The number of aromatic nitrogens is 2. The van der Waals surface area contributed by atoms with E-state index in [0.29, 0.717) is 31.0 Å². The Balaban J connectivity index is 1.56. The van der Waals surface area contributed by atoms with Crippen LogP contribution in [0.25, 0.3) is 0 Å². The van der Waals surface area contributed by atoms with Crippen LogP contribution in [0.3, 0.4) is 0 Å². The lowest BCUT2D eigenvalue weighted by molar-refractivity contribution is -0.137. The van der Waals surface area contributed by atoms with Gasteiger partial charge in [-0.25, -0.2) is 4.98 Å². The standard InChI is InChI=1S/C31H30F3N3O/c1-21-35-28-26(19-36(20-30(28,2)3)18-22-14-16-25(17-15-22)31(32,33)34)29(38)37(21)27(23-10-6-4-7-11-23)24-12-8-5-9-13-24/h4-17,27H,18-20H2,1-3H3. The minimum atomic E-state index is -4.37. The van der Waals surface area contributed by atoms with Crippen LogP contribution < -0.4 is 5.56 Å². The summed E-state index contributed by atoms with van der Waals surface area (Å²) in [6.45, 7) is 7.46. The van der Waals surface area contributed by atoms with Crippen molar-refractivity contribution in [3.8, 4) is 0 Å². The highest BCUT2D eigenvalue weighted by Gasteiger charge is 2.37. The maximum atomic E-state index is 14.2. The van der Waals surface area contributed by atoms with E-state index in [1.807, 2.05) is 67.6 Å². The number of aryl methyl sites for hydroxylation is 1. The van der Waals surface area contributed by atoms with Crippen molar-refractivity contribution in [1.82, 2.24) is 14.5 Å². The van der Waals surface area contributed by atoms with Crippen LogP contribution in [0, 0.1) is 6.92 Å². The molecule has 2 heterocycles. The fourth-order valence-corrected chi connectivity index (χ4v) is 5.53. The number of hydrogen-bond acceptors (Lipinski definition) is 3. The second kappa shape index (κ2) is 9.87. The van der Waals surface area contributed by atoms with E-state index < -0.39 is 17.2 Å². The molecule has 0 saturated carbocycles. The molecule has 1 aromatic heterocycles. The Kier molecular flexibility index (Phi) is 6.73. The molecule has 4 aromatic rings. The highest BCUT2D eigenvalue weighted by Crippen LogP contribution is 2.34. The molecule has 196 valence electrons. The van der Waals surface area contributed by atoms with E-state index in [0.717, 1.165) is 34.5 Å². The van der Waals surface area contributed by atoms with Crippen molar-refractivity contribution in [2.45, 2.75) is 51.5 Å². The summed E-state index contributed by atoms with van der Waals surface area (Å²) in [5.41, 5.74) is 3.01. The first-order valence-corrected chi connectivity index (χ1v) is 12.7. The Morgan fingerprint density at radius 3 is 1.97 bits per heavy atom. The summed E-state index contributed by atoms with van der Waals surface area (Å²) in [7, 11) is 0. The third-order valence-electron chi connectivity index (χ3n) is 7.20. The topological polar surface area (TPSA) is 38.1 Å². The summed E-state index contributed by atoms with van der Waals surface area (Å²) in [5.74, 6) is 0.649. The molecule has 38 heavy (non-hydrogen) atoms. The van der Waals surface area contributed by atoms with Crippen LogP contribution in [-0.2, 0) is 24.7 Å². The molecule has 0 fully saturated rings. The van der Waals surface area contributed by atoms with Crippen LogP contribution in [0.2, 0.25) is 0 Å². The van der Waals surface area contributed by atoms with Crippen LogP contribution in [-0.4, -0.2) is 21.0 Å². The summed E-state index contributed by atoms with van der Waals surface area (Å²) in [6, 6.07) is 24.7. The Morgan fingerprint density at radius 2 is 1.45 bits per heavy atom. The first-order valence-electron chi connectivity index (χ1n) is 12.7. The van der Waals surface area contributed by atoms with Gasteiger partial charge in [-0.3, -0.25) is 14.3 Å². The van der Waals surface area contributed by atoms with E-state index in [2.05, 4.69) is 18.7 Å². The lowest BCUT2D eigenvalue weighted by Crippen LogP contribution is -2.47. The number of hydrogen-bond donors (Lipinski definition) is 0. The normalized spacial score (nSPS) is 15.4. The van der Waals surface area contributed by atoms with Gasteiger partial charge in [-0.2, -0.15) is 13.2 Å². The Labute approximate surface area is 220 Å². The van der Waals surface area contributed by atoms with Gasteiger partial charge in [-0.05, 0) is 35.7 Å². The molecule has 5 rings (SSSR count). The zero-order valence-corrected chi connectivity index (χ0v) is 21.7. The third-order valence-corrected chi connectivity index (χ3v) is 7.20. The summed E-state index contributed by atoms with van der Waals surface area (Å²) in [4.78, 5) is 21.3. The summed E-state index contributed by atoms with van der Waals surface area (Å²) >= 11 is 0. The molecule has 0 amide bonds. The number of nitrogens with zero attached hydrogens (tertiary/aromatic N) is 3. The van der Waals surface area contributed by atoms with Gasteiger partial charge in [0, 0.05) is 25.0 Å². The predicted molar refractivity (Wildman–Crippen MR) is 142 cm³/mol. The van der Waals surface area contributed by atoms with E-state index in [-0.39, 0.29) is 11.6 Å².